The minimum Gasteiger partial charge on any atom is -0.619 e. The molecule has 1 aromatic carbocycles. The third-order valence-corrected chi connectivity index (χ3v) is 2.89. The van der Waals surface area contributed by atoms with E-state index in [1.54, 1.807) is 18.2 Å². The van der Waals surface area contributed by atoms with Gasteiger partial charge in [-0.1, -0.05) is 15.9 Å². The smallest absolute Gasteiger partial charge is 0.337 e. The Morgan fingerprint density at radius 1 is 1.50 bits per heavy atom. The quantitative estimate of drug-likeness (QED) is 0.457. The van der Waals surface area contributed by atoms with Crippen molar-refractivity contribution in [3.05, 3.63) is 45.8 Å². The molecule has 82 valence electrons. The summed E-state index contributed by atoms with van der Waals surface area (Å²) in [5.74, 6) is -0.427. The van der Waals surface area contributed by atoms with E-state index in [1.807, 2.05) is 0 Å². The molecule has 4 nitrogen and oxygen atoms in total. The van der Waals surface area contributed by atoms with Crippen LogP contribution >= 0.6 is 15.9 Å². The lowest BCUT2D eigenvalue weighted by atomic mass is 10.1. The maximum atomic E-state index is 11.4. The number of fused-ring (bicyclic) bond motifs is 1. The molecule has 2 aromatic rings. The number of carbonyl (C=O) groups excluding carboxylic acids is 1. The van der Waals surface area contributed by atoms with Crippen molar-refractivity contribution < 1.29 is 14.3 Å². The standard InChI is InChI=1S/C11H8BrNO3/c1-16-11(14)7-4-8-6-13(15)3-2-9(8)10(12)5-7/h2-6H,1H3. The first-order valence-electron chi connectivity index (χ1n) is 4.52. The predicted molar refractivity (Wildman–Crippen MR) is 61.9 cm³/mol. The summed E-state index contributed by atoms with van der Waals surface area (Å²) in [4.78, 5) is 11.4. The Morgan fingerprint density at radius 3 is 2.94 bits per heavy atom. The summed E-state index contributed by atoms with van der Waals surface area (Å²) < 4.78 is 6.07. The van der Waals surface area contributed by atoms with Gasteiger partial charge in [0.25, 0.3) is 0 Å². The van der Waals surface area contributed by atoms with E-state index in [4.69, 9.17) is 0 Å². The minimum absolute atomic E-state index is 0.410. The van der Waals surface area contributed by atoms with E-state index < -0.39 is 5.97 Å². The zero-order valence-electron chi connectivity index (χ0n) is 8.44. The first-order chi connectivity index (χ1) is 7.61. The number of aromatic nitrogens is 1. The number of esters is 1. The molecule has 0 unspecified atom stereocenters. The number of halogens is 1. The monoisotopic (exact) mass is 281 g/mol. The van der Waals surface area contributed by atoms with Crippen LogP contribution in [0, 0.1) is 5.21 Å². The van der Waals surface area contributed by atoms with Gasteiger partial charge in [0.05, 0.1) is 12.7 Å². The van der Waals surface area contributed by atoms with Gasteiger partial charge in [-0.2, -0.15) is 4.73 Å². The number of ether oxygens (including phenoxy) is 1. The van der Waals surface area contributed by atoms with Gasteiger partial charge in [-0.05, 0) is 12.1 Å². The molecular formula is C11H8BrNO3. The Labute approximate surface area is 100 Å². The van der Waals surface area contributed by atoms with Gasteiger partial charge >= 0.3 is 5.97 Å². The highest BCUT2D eigenvalue weighted by Gasteiger charge is 2.10. The highest BCUT2D eigenvalue weighted by atomic mass is 79.9. The van der Waals surface area contributed by atoms with Gasteiger partial charge in [0.15, 0.2) is 12.4 Å². The van der Waals surface area contributed by atoms with Crippen LogP contribution < -0.4 is 4.73 Å². The van der Waals surface area contributed by atoms with Crippen molar-refractivity contribution >= 4 is 32.7 Å². The maximum Gasteiger partial charge on any atom is 0.337 e. The van der Waals surface area contributed by atoms with Crippen LogP contribution in [-0.2, 0) is 4.74 Å². The molecule has 0 amide bonds. The summed E-state index contributed by atoms with van der Waals surface area (Å²) in [6, 6.07) is 4.98. The Morgan fingerprint density at radius 2 is 2.25 bits per heavy atom. The van der Waals surface area contributed by atoms with Gasteiger partial charge < -0.3 is 9.94 Å². The Hall–Kier alpha value is -1.62. The molecule has 0 spiro atoms. The van der Waals surface area contributed by atoms with Crippen LogP contribution in [0.5, 0.6) is 0 Å². The van der Waals surface area contributed by atoms with E-state index in [-0.39, 0.29) is 0 Å². The number of nitrogens with zero attached hydrogens (tertiary/aromatic N) is 1. The van der Waals surface area contributed by atoms with E-state index in [1.165, 1.54) is 19.5 Å². The molecule has 0 aliphatic heterocycles. The van der Waals surface area contributed by atoms with E-state index >= 15 is 0 Å². The van der Waals surface area contributed by atoms with Crippen molar-refractivity contribution in [3.8, 4) is 0 Å². The molecule has 0 atom stereocenters. The van der Waals surface area contributed by atoms with Crippen LogP contribution in [-0.4, -0.2) is 13.1 Å². The highest BCUT2D eigenvalue weighted by molar-refractivity contribution is 9.10. The fourth-order valence-corrected chi connectivity index (χ4v) is 2.09. The van der Waals surface area contributed by atoms with Crippen molar-refractivity contribution in [2.24, 2.45) is 0 Å². The zero-order chi connectivity index (χ0) is 11.7. The van der Waals surface area contributed by atoms with Gasteiger partial charge in [0.1, 0.15) is 0 Å². The molecule has 1 heterocycles. The Kier molecular flexibility index (Phi) is 2.78. The number of carbonyl (C=O) groups is 1. The Balaban J connectivity index is 2.69. The van der Waals surface area contributed by atoms with Crippen LogP contribution in [0.4, 0.5) is 0 Å². The second-order valence-corrected chi connectivity index (χ2v) is 4.11. The first kappa shape index (κ1) is 10.9. The summed E-state index contributed by atoms with van der Waals surface area (Å²) in [5, 5.41) is 12.7. The SMILES string of the molecule is COC(=O)c1cc(Br)c2cc[n+]([O-])cc2c1. The number of methoxy groups -OCH3 is 1. The molecule has 5 heteroatoms. The number of benzene rings is 1. The average Bonchev–Trinajstić information content (AvgIpc) is 2.27. The summed E-state index contributed by atoms with van der Waals surface area (Å²) in [6.45, 7) is 0. The second kappa shape index (κ2) is 4.09. The van der Waals surface area contributed by atoms with Gasteiger partial charge in [-0.3, -0.25) is 0 Å². The molecule has 0 bridgehead atoms. The van der Waals surface area contributed by atoms with E-state index in [0.29, 0.717) is 15.7 Å². The summed E-state index contributed by atoms with van der Waals surface area (Å²) in [7, 11) is 1.32. The molecule has 0 N–H and O–H groups in total. The van der Waals surface area contributed by atoms with Crippen molar-refractivity contribution in [1.29, 1.82) is 0 Å². The van der Waals surface area contributed by atoms with Gasteiger partial charge in [0.2, 0.25) is 0 Å². The minimum atomic E-state index is -0.427. The normalized spacial score (nSPS) is 10.4. The Bertz CT molecular complexity index is 568. The summed E-state index contributed by atoms with van der Waals surface area (Å²) >= 11 is 3.35. The van der Waals surface area contributed by atoms with Gasteiger partial charge in [0, 0.05) is 21.3 Å². The fraction of sp³-hybridized carbons (Fsp3) is 0.0909. The maximum absolute atomic E-state index is 11.4. The van der Waals surface area contributed by atoms with E-state index in [9.17, 15) is 10.0 Å². The first-order valence-corrected chi connectivity index (χ1v) is 5.31. The lowest BCUT2D eigenvalue weighted by Crippen LogP contribution is -2.23. The van der Waals surface area contributed by atoms with Gasteiger partial charge in [-0.25, -0.2) is 4.79 Å². The van der Waals surface area contributed by atoms with Gasteiger partial charge in [-0.15, -0.1) is 0 Å². The van der Waals surface area contributed by atoms with Crippen LogP contribution in [0.15, 0.2) is 35.1 Å². The molecule has 0 aliphatic rings. The lowest BCUT2D eigenvalue weighted by Gasteiger charge is -2.04. The summed E-state index contributed by atoms with van der Waals surface area (Å²) in [6.07, 6.45) is 2.82. The summed E-state index contributed by atoms with van der Waals surface area (Å²) in [5.41, 5.74) is 0.410. The molecule has 1 aromatic heterocycles. The van der Waals surface area contributed by atoms with E-state index in [0.717, 1.165) is 9.86 Å². The van der Waals surface area contributed by atoms with Crippen LogP contribution in [0.25, 0.3) is 10.8 Å². The van der Waals surface area contributed by atoms with Crippen molar-refractivity contribution in [2.75, 3.05) is 7.11 Å². The molecule has 2 rings (SSSR count). The molecule has 16 heavy (non-hydrogen) atoms. The molecular weight excluding hydrogens is 274 g/mol. The molecule has 0 saturated carbocycles. The number of hydrogen-bond donors (Lipinski definition) is 0. The van der Waals surface area contributed by atoms with Crippen LogP contribution in [0.2, 0.25) is 0 Å². The largest absolute Gasteiger partial charge is 0.619 e. The molecule has 0 saturated heterocycles. The van der Waals surface area contributed by atoms with Crippen molar-refractivity contribution in [2.45, 2.75) is 0 Å². The molecule has 0 aliphatic carbocycles. The third-order valence-electron chi connectivity index (χ3n) is 2.24. The van der Waals surface area contributed by atoms with E-state index in [2.05, 4.69) is 20.7 Å². The topological polar surface area (TPSA) is 53.2 Å². The lowest BCUT2D eigenvalue weighted by molar-refractivity contribution is -0.603. The number of pyridine rings is 1. The zero-order valence-corrected chi connectivity index (χ0v) is 10.0. The fourth-order valence-electron chi connectivity index (χ4n) is 1.49. The number of hydrogen-bond acceptors (Lipinski definition) is 3. The number of rotatable bonds is 1. The van der Waals surface area contributed by atoms with Crippen molar-refractivity contribution in [3.63, 3.8) is 0 Å². The van der Waals surface area contributed by atoms with Crippen molar-refractivity contribution in [1.82, 2.24) is 0 Å². The average molecular weight is 282 g/mol. The van der Waals surface area contributed by atoms with Crippen LogP contribution in [0.1, 0.15) is 10.4 Å². The second-order valence-electron chi connectivity index (χ2n) is 3.26. The van der Waals surface area contributed by atoms with Crippen LogP contribution in [0.3, 0.4) is 0 Å². The third kappa shape index (κ3) is 1.86. The molecule has 0 radical (unpaired) electrons. The predicted octanol–water partition coefficient (Wildman–Crippen LogP) is 2.02. The molecule has 0 fully saturated rings. The highest BCUT2D eigenvalue weighted by Crippen LogP contribution is 2.24.